The molecule has 19 nitrogen and oxygen atoms in total. The highest BCUT2D eigenvalue weighted by molar-refractivity contribution is 7.19. The van der Waals surface area contributed by atoms with Crippen LogP contribution < -0.4 is 27.4 Å². The van der Waals surface area contributed by atoms with E-state index in [9.17, 15) is 28.8 Å². The fourth-order valence-corrected chi connectivity index (χ4v) is 10.2. The Hall–Kier alpha value is -3.21. The van der Waals surface area contributed by atoms with Gasteiger partial charge in [-0.3, -0.25) is 19.2 Å². The molecule has 0 bridgehead atoms. The third-order valence-corrected chi connectivity index (χ3v) is 15.9. The highest BCUT2D eigenvalue weighted by atomic mass is 35.5. The van der Waals surface area contributed by atoms with Crippen LogP contribution in [0.2, 0.25) is 17.3 Å². The second-order valence-electron chi connectivity index (χ2n) is 17.7. The summed E-state index contributed by atoms with van der Waals surface area (Å²) in [6, 6.07) is 13.1. The molecule has 3 amide bonds. The molecule has 0 aromatic carbocycles. The molecule has 73 heavy (non-hydrogen) atoms. The van der Waals surface area contributed by atoms with Gasteiger partial charge in [0.1, 0.15) is 10.4 Å². The number of nitrogens with one attached hydrogen (secondary N) is 3. The van der Waals surface area contributed by atoms with Crippen molar-refractivity contribution in [3.8, 4) is 0 Å². The number of ether oxygens (including phenoxy) is 5. The standard InChI is InChI=1S/C10H10ClNO4S.2C10H12ClNO2S.C5H3ClO2S.C5H9NO3.C5H11NO.ClH/c11-7-2-1-6(17-7)8(13)12-10(9(14)15)3-4-16-5-10;2*1-10(4-5-14-6-10)12-9(13)7-2-3-8(11)15-7;6-4-2-1-3(9-4)5(7)8;6-5(4(7)8)1-2-9-3-5;1-5(6)2-3-7-4-5;/h1-2H,3-5H2,(H,12,13)(H,14,15);2*2-3H,4-6H2,1H3,(H,12,13);1-2H,(H,7,8);1-3,6H2,(H,7,8);2-4,6H2,1H3;1H/t2*10-;;;;;/m00...../s1. The molecule has 4 aromatic rings. The normalized spacial score (nSPS) is 25.4. The average Bonchev–Trinajstić information content (AvgIpc) is 4.15. The molecule has 4 aromatic heterocycles. The Balaban J connectivity index is 0.000000236. The van der Waals surface area contributed by atoms with Gasteiger partial charge in [0.2, 0.25) is 0 Å². The van der Waals surface area contributed by atoms with Crippen LogP contribution in [-0.4, -0.2) is 145 Å². The molecule has 0 radical (unpaired) electrons. The van der Waals surface area contributed by atoms with Gasteiger partial charge in [0.25, 0.3) is 17.7 Å². The lowest BCUT2D eigenvalue weighted by atomic mass is 9.99. The maximum absolute atomic E-state index is 11.8. The van der Waals surface area contributed by atoms with Crippen LogP contribution in [0.5, 0.6) is 0 Å². The molecule has 5 fully saturated rings. The third kappa shape index (κ3) is 21.0. The summed E-state index contributed by atoms with van der Waals surface area (Å²) in [5.74, 6) is -3.55. The molecular formula is C45H58Cl5N5O14S4. The number of hydrogen-bond donors (Lipinski definition) is 8. The minimum Gasteiger partial charge on any atom is -0.480 e. The van der Waals surface area contributed by atoms with Crippen LogP contribution in [0, 0.1) is 0 Å². The molecule has 0 aliphatic carbocycles. The summed E-state index contributed by atoms with van der Waals surface area (Å²) in [6.07, 6.45) is 3.41. The van der Waals surface area contributed by atoms with Crippen LogP contribution in [0.4, 0.5) is 0 Å². The first kappa shape index (κ1) is 64.1. The van der Waals surface area contributed by atoms with Gasteiger partial charge in [-0.15, -0.1) is 57.8 Å². The molecule has 5 atom stereocenters. The minimum atomic E-state index is -1.31. The second-order valence-corrected chi connectivity index (χ2v) is 24.6. The summed E-state index contributed by atoms with van der Waals surface area (Å²) in [5, 5.41) is 34.4. The molecule has 5 aliphatic heterocycles. The summed E-state index contributed by atoms with van der Waals surface area (Å²) in [5.41, 5.74) is 8.12. The summed E-state index contributed by atoms with van der Waals surface area (Å²) < 4.78 is 27.7. The zero-order chi connectivity index (χ0) is 53.3. The number of hydrogen-bond acceptors (Lipinski definition) is 17. The van der Waals surface area contributed by atoms with Crippen molar-refractivity contribution in [1.29, 1.82) is 0 Å². The summed E-state index contributed by atoms with van der Waals surface area (Å²) >= 11 is 27.5. The van der Waals surface area contributed by atoms with Crippen LogP contribution in [0.25, 0.3) is 0 Å². The zero-order valence-corrected chi connectivity index (χ0v) is 46.9. The fourth-order valence-electron chi connectivity index (χ4n) is 6.54. The summed E-state index contributed by atoms with van der Waals surface area (Å²) in [4.78, 5) is 69.1. The zero-order valence-electron chi connectivity index (χ0n) is 39.8. The number of rotatable bonds is 9. The minimum absolute atomic E-state index is 0. The van der Waals surface area contributed by atoms with E-state index in [0.29, 0.717) is 78.0 Å². The van der Waals surface area contributed by atoms with E-state index in [2.05, 4.69) is 16.0 Å². The van der Waals surface area contributed by atoms with E-state index in [4.69, 9.17) is 96.9 Å². The third-order valence-electron chi connectivity index (χ3n) is 11.0. The van der Waals surface area contributed by atoms with Crippen LogP contribution in [0.15, 0.2) is 48.5 Å². The Morgan fingerprint density at radius 1 is 0.479 bits per heavy atom. The van der Waals surface area contributed by atoms with Crippen molar-refractivity contribution in [2.24, 2.45) is 11.5 Å². The molecule has 406 valence electrons. The quantitative estimate of drug-likeness (QED) is 0.0792. The Kier molecular flexibility index (Phi) is 25.8. The van der Waals surface area contributed by atoms with Crippen LogP contribution in [0.3, 0.4) is 0 Å². The molecule has 0 spiro atoms. The molecule has 9 rings (SSSR count). The van der Waals surface area contributed by atoms with Gasteiger partial charge < -0.3 is 66.4 Å². The lowest BCUT2D eigenvalue weighted by Crippen LogP contribution is -2.55. The van der Waals surface area contributed by atoms with Gasteiger partial charge in [-0.05, 0) is 88.6 Å². The first-order valence-corrected chi connectivity index (χ1v) is 26.7. The van der Waals surface area contributed by atoms with E-state index in [1.54, 1.807) is 42.5 Å². The van der Waals surface area contributed by atoms with Gasteiger partial charge in [-0.1, -0.05) is 46.4 Å². The molecule has 28 heteroatoms. The fraction of sp³-hybridized carbons (Fsp3) is 0.511. The van der Waals surface area contributed by atoms with E-state index in [0.717, 1.165) is 55.1 Å². The molecule has 10 N–H and O–H groups in total. The molecule has 3 unspecified atom stereocenters. The number of nitrogens with two attached hydrogens (primary N) is 2. The highest BCUT2D eigenvalue weighted by Gasteiger charge is 2.44. The van der Waals surface area contributed by atoms with Crippen molar-refractivity contribution in [3.05, 3.63) is 85.4 Å². The van der Waals surface area contributed by atoms with Crippen molar-refractivity contribution in [3.63, 3.8) is 0 Å². The van der Waals surface area contributed by atoms with Crippen LogP contribution in [-0.2, 0) is 33.3 Å². The first-order chi connectivity index (χ1) is 33.8. The van der Waals surface area contributed by atoms with Gasteiger partial charge >= 0.3 is 17.9 Å². The van der Waals surface area contributed by atoms with Gasteiger partial charge in [0, 0.05) is 51.4 Å². The number of amides is 3. The Labute approximate surface area is 463 Å². The highest BCUT2D eigenvalue weighted by Crippen LogP contribution is 2.27. The number of carbonyl (C=O) groups excluding carboxylic acids is 3. The van der Waals surface area contributed by atoms with Crippen molar-refractivity contribution >= 4 is 140 Å². The summed E-state index contributed by atoms with van der Waals surface area (Å²) in [7, 11) is 0. The number of carboxylic acid groups (broad SMARTS) is 3. The number of halogens is 5. The van der Waals surface area contributed by atoms with E-state index in [1.165, 1.54) is 28.7 Å². The number of carbonyl (C=O) groups is 6. The number of thiophene rings is 4. The molecule has 0 saturated carbocycles. The van der Waals surface area contributed by atoms with E-state index >= 15 is 0 Å². The number of aromatic carboxylic acids is 1. The number of aliphatic carboxylic acids is 2. The van der Waals surface area contributed by atoms with Crippen molar-refractivity contribution < 1.29 is 67.8 Å². The van der Waals surface area contributed by atoms with E-state index < -0.39 is 34.9 Å². The Morgan fingerprint density at radius 2 is 0.836 bits per heavy atom. The Bertz CT molecular complexity index is 2360. The predicted octanol–water partition coefficient (Wildman–Crippen LogP) is 7.83. The second kappa shape index (κ2) is 29.3. The topological polar surface area (TPSA) is 297 Å². The monoisotopic (exact) mass is 1200 g/mol. The first-order valence-electron chi connectivity index (χ1n) is 21.9. The lowest BCUT2D eigenvalue weighted by molar-refractivity contribution is -0.144. The van der Waals surface area contributed by atoms with Gasteiger partial charge in [-0.2, -0.15) is 0 Å². The SMILES string of the molecule is CC1(N)CCOC1.CC1(NC(=O)c2ccc(Cl)s2)CCOC1.C[C@]1(NC(=O)c2ccc(Cl)s2)CCOC1.Cl.NC1(C(=O)O)CCOC1.O=C(N[C@@]1(C(=O)O)CCOC1)c1ccc(Cl)s1.O=C(O)c1ccc(Cl)s1. The molecule has 5 saturated heterocycles. The van der Waals surface area contributed by atoms with Gasteiger partial charge in [0.15, 0.2) is 5.54 Å². The van der Waals surface area contributed by atoms with Crippen molar-refractivity contribution in [1.82, 2.24) is 16.0 Å². The average molecular weight is 1200 g/mol. The van der Waals surface area contributed by atoms with Crippen LogP contribution in [0.1, 0.15) is 91.6 Å². The Morgan fingerprint density at radius 3 is 1.07 bits per heavy atom. The van der Waals surface area contributed by atoms with E-state index in [1.807, 2.05) is 20.8 Å². The molecule has 9 heterocycles. The molecule has 5 aliphatic rings. The largest absolute Gasteiger partial charge is 0.480 e. The maximum Gasteiger partial charge on any atom is 0.345 e. The van der Waals surface area contributed by atoms with E-state index in [-0.39, 0.29) is 65.3 Å². The van der Waals surface area contributed by atoms with Crippen LogP contribution >= 0.6 is 104 Å². The van der Waals surface area contributed by atoms with Crippen molar-refractivity contribution in [2.45, 2.75) is 80.6 Å². The number of carboxylic acids is 3. The molecular weight excluding hydrogens is 1140 g/mol. The summed E-state index contributed by atoms with van der Waals surface area (Å²) in [6.45, 7) is 11.1. The lowest BCUT2D eigenvalue weighted by Gasteiger charge is -2.23. The smallest absolute Gasteiger partial charge is 0.345 e. The van der Waals surface area contributed by atoms with Crippen molar-refractivity contribution in [2.75, 3.05) is 66.1 Å². The van der Waals surface area contributed by atoms with Gasteiger partial charge in [-0.25, -0.2) is 9.59 Å². The predicted molar refractivity (Wildman–Crippen MR) is 285 cm³/mol. The van der Waals surface area contributed by atoms with Gasteiger partial charge in [0.05, 0.1) is 76.1 Å². The maximum atomic E-state index is 11.8.